The zero-order valence-electron chi connectivity index (χ0n) is 29.0. The average molecular weight is 702 g/mol. The van der Waals surface area contributed by atoms with Crippen LogP contribution in [0.2, 0.25) is 18.6 Å². The maximum absolute atomic E-state index is 14.9. The maximum Gasteiger partial charge on any atom is 0.264 e. The van der Waals surface area contributed by atoms with Crippen molar-refractivity contribution in [3.8, 4) is 0 Å². The summed E-state index contributed by atoms with van der Waals surface area (Å²) in [6, 6.07) is 34.1. The maximum atomic E-state index is 14.9. The van der Waals surface area contributed by atoms with E-state index in [1.165, 1.54) is 0 Å². The number of carbonyl (C=O) groups excluding carboxylic acids is 2. The number of aromatic nitrogens is 3. The Morgan fingerprint density at radius 1 is 0.980 bits per heavy atom. The van der Waals surface area contributed by atoms with E-state index in [0.717, 1.165) is 16.8 Å². The number of fused-ring (bicyclic) bond motifs is 2. The van der Waals surface area contributed by atoms with Crippen molar-refractivity contribution in [2.24, 2.45) is 5.92 Å². The third-order valence-corrected chi connectivity index (χ3v) is 12.9. The van der Waals surface area contributed by atoms with Crippen LogP contribution >= 0.6 is 0 Å². The summed E-state index contributed by atoms with van der Waals surface area (Å²) in [4.78, 5) is 41.6. The largest absolute Gasteiger partial charge is 0.432 e. The number of anilines is 2. The molecule has 1 aromatic heterocycles. The van der Waals surface area contributed by atoms with Crippen LogP contribution in [0.4, 0.5) is 11.4 Å². The number of ether oxygens (including phenoxy) is 1. The third kappa shape index (κ3) is 6.54. The van der Waals surface area contributed by atoms with E-state index in [1.54, 1.807) is 21.7 Å². The summed E-state index contributed by atoms with van der Waals surface area (Å²) in [6.07, 6.45) is 1.87. The number of hydrogen-bond acceptors (Lipinski definition) is 7. The Balaban J connectivity index is 1.22. The minimum Gasteiger partial charge on any atom is -0.432 e. The van der Waals surface area contributed by atoms with Crippen molar-refractivity contribution in [3.63, 3.8) is 0 Å². The number of rotatable bonds is 11. The molecule has 11 heteroatoms. The fourth-order valence-corrected chi connectivity index (χ4v) is 10.6. The number of carbonyl (C=O) groups is 2. The second kappa shape index (κ2) is 14.0. The van der Waals surface area contributed by atoms with Crippen LogP contribution in [0.5, 0.6) is 0 Å². The van der Waals surface area contributed by atoms with E-state index >= 15 is 0 Å². The molecule has 2 aliphatic rings. The molecule has 0 bridgehead atoms. The van der Waals surface area contributed by atoms with Gasteiger partial charge < -0.3 is 24.9 Å². The van der Waals surface area contributed by atoms with Crippen LogP contribution in [0.15, 0.2) is 115 Å². The monoisotopic (exact) mass is 701 g/mol. The van der Waals surface area contributed by atoms with E-state index in [2.05, 4.69) is 15.6 Å². The molecule has 2 amide bonds. The highest BCUT2D eigenvalue weighted by Crippen LogP contribution is 2.60. The van der Waals surface area contributed by atoms with E-state index < -0.39 is 20.0 Å². The Labute approximate surface area is 298 Å². The fraction of sp³-hybridized carbons (Fsp3) is 0.300. The van der Waals surface area contributed by atoms with Gasteiger partial charge in [0.15, 0.2) is 13.9 Å². The molecule has 7 rings (SSSR count). The van der Waals surface area contributed by atoms with Crippen molar-refractivity contribution in [3.05, 3.63) is 143 Å². The first kappa shape index (κ1) is 34.5. The average Bonchev–Trinajstić information content (AvgIpc) is 3.79. The van der Waals surface area contributed by atoms with Crippen LogP contribution < -0.4 is 10.2 Å². The van der Waals surface area contributed by atoms with Crippen LogP contribution in [0.3, 0.4) is 0 Å². The zero-order valence-corrected chi connectivity index (χ0v) is 30.0. The van der Waals surface area contributed by atoms with Gasteiger partial charge in [-0.15, -0.1) is 5.10 Å². The van der Waals surface area contributed by atoms with E-state index in [9.17, 15) is 19.5 Å². The van der Waals surface area contributed by atoms with Gasteiger partial charge in [-0.3, -0.25) is 14.3 Å². The Kier molecular flexibility index (Phi) is 9.47. The highest BCUT2D eigenvalue weighted by molar-refractivity contribution is 6.71. The topological polar surface area (TPSA) is 130 Å². The van der Waals surface area contributed by atoms with Gasteiger partial charge in [0.2, 0.25) is 0 Å². The molecule has 10 nitrogen and oxygen atoms in total. The predicted octanol–water partition coefficient (Wildman–Crippen LogP) is 6.09. The second-order valence-electron chi connectivity index (χ2n) is 14.1. The molecule has 5 atom stereocenters. The number of nitrogens with zero attached hydrogens (tertiary/aromatic N) is 4. The lowest BCUT2D eigenvalue weighted by molar-refractivity contribution is -0.146. The molecule has 0 radical (unpaired) electrons. The smallest absolute Gasteiger partial charge is 0.264 e. The van der Waals surface area contributed by atoms with Gasteiger partial charge in [0.1, 0.15) is 0 Å². The molecule has 5 aromatic rings. The zero-order chi connectivity index (χ0) is 35.8. The number of aliphatic hydroxyl groups is 1. The summed E-state index contributed by atoms with van der Waals surface area (Å²) in [6.45, 7) is 6.51. The normalized spacial score (nSPS) is 21.9. The van der Waals surface area contributed by atoms with Gasteiger partial charge in [-0.2, -0.15) is 0 Å². The van der Waals surface area contributed by atoms with Gasteiger partial charge in [-0.25, -0.2) is 0 Å². The van der Waals surface area contributed by atoms with Gasteiger partial charge in [0.05, 0.1) is 36.6 Å². The number of amides is 2. The lowest BCUT2D eigenvalue weighted by Crippen LogP contribution is -2.46. The number of hydrogen-bond donors (Lipinski definition) is 3. The minimum absolute atomic E-state index is 0.102. The van der Waals surface area contributed by atoms with E-state index in [-0.39, 0.29) is 35.8 Å². The highest BCUT2D eigenvalue weighted by Gasteiger charge is 2.66. The summed E-state index contributed by atoms with van der Waals surface area (Å²) in [5.41, 5.74) is 3.42. The molecule has 1 fully saturated rings. The summed E-state index contributed by atoms with van der Waals surface area (Å²) in [5.74, 6) is -1.10. The number of benzene rings is 4. The highest BCUT2D eigenvalue weighted by atomic mass is 28.4. The molecule has 1 spiro atoms. The molecule has 51 heavy (non-hydrogen) atoms. The molecule has 1 saturated heterocycles. The van der Waals surface area contributed by atoms with Crippen molar-refractivity contribution in [2.45, 2.75) is 62.7 Å². The third-order valence-electron chi connectivity index (χ3n) is 10.4. The molecule has 4 aromatic carbocycles. The Morgan fingerprint density at radius 3 is 2.31 bits per heavy atom. The van der Waals surface area contributed by atoms with Crippen molar-refractivity contribution in [1.82, 2.24) is 15.0 Å². The van der Waals surface area contributed by atoms with Crippen molar-refractivity contribution >= 4 is 31.5 Å². The fourth-order valence-electron chi connectivity index (χ4n) is 8.04. The van der Waals surface area contributed by atoms with Crippen LogP contribution in [0, 0.1) is 5.92 Å². The number of aliphatic hydroxyl groups excluding tert-OH is 1. The number of nitrogens with one attached hydrogen (secondary N) is 1. The van der Waals surface area contributed by atoms with Crippen LogP contribution in [-0.4, -0.2) is 57.7 Å². The summed E-state index contributed by atoms with van der Waals surface area (Å²) in [5, 5.41) is 22.0. The standard InChI is InChI=1S/C40H43N5O5Si/c1-27-37(51(2,3)49)36(21-22-44-25-34(42-43-44)32(26-46)29-15-9-5-10-16-29)50-40(27)33-23-31(41-38(47)30-17-11-6-12-18-30)19-20-35(33)45(39(40)48)24-28-13-7-4-8-14-28/h4-20,23,25,27,32,36-37,46,49H,21-22,24,26H2,1-3H3,(H,41,47)/t27-,32?,36+,37-,40+/m0/s1. The molecule has 3 heterocycles. The van der Waals surface area contributed by atoms with Crippen LogP contribution in [-0.2, 0) is 28.2 Å². The summed E-state index contributed by atoms with van der Waals surface area (Å²) in [7, 11) is -2.92. The van der Waals surface area contributed by atoms with E-state index in [1.807, 2.05) is 123 Å². The molecule has 3 N–H and O–H groups in total. The van der Waals surface area contributed by atoms with Gasteiger partial charge in [0.25, 0.3) is 11.8 Å². The van der Waals surface area contributed by atoms with E-state index in [4.69, 9.17) is 4.74 Å². The quantitative estimate of drug-likeness (QED) is 0.142. The SMILES string of the molecule is C[C@H]1[C@H]([Si](C)(C)O)[C@@H](CCn2cc(C(CO)c3ccccc3)nn2)O[C@]12C(=O)N(Cc1ccccc1)c1ccc(NC(=O)c3ccccc3)cc12. The van der Waals surface area contributed by atoms with Gasteiger partial charge in [-0.1, -0.05) is 91.0 Å². The Bertz CT molecular complexity index is 2000. The molecule has 1 unspecified atom stereocenters. The molecule has 2 aliphatic heterocycles. The number of aryl methyl sites for hydroxylation is 1. The van der Waals surface area contributed by atoms with Gasteiger partial charge in [0, 0.05) is 41.0 Å². The van der Waals surface area contributed by atoms with Crippen LogP contribution in [0.1, 0.15) is 52.0 Å². The first-order valence-electron chi connectivity index (χ1n) is 17.4. The predicted molar refractivity (Wildman–Crippen MR) is 198 cm³/mol. The first-order chi connectivity index (χ1) is 24.6. The van der Waals surface area contributed by atoms with E-state index in [0.29, 0.717) is 42.0 Å². The lowest BCUT2D eigenvalue weighted by atomic mass is 9.82. The lowest BCUT2D eigenvalue weighted by Gasteiger charge is -2.32. The molecular weight excluding hydrogens is 659 g/mol. The summed E-state index contributed by atoms with van der Waals surface area (Å²) >= 11 is 0. The van der Waals surface area contributed by atoms with Crippen molar-refractivity contribution in [1.29, 1.82) is 0 Å². The van der Waals surface area contributed by atoms with Crippen LogP contribution in [0.25, 0.3) is 0 Å². The minimum atomic E-state index is -2.92. The van der Waals surface area contributed by atoms with Gasteiger partial charge in [-0.05, 0) is 61.0 Å². The van der Waals surface area contributed by atoms with Crippen molar-refractivity contribution < 1.29 is 24.2 Å². The molecule has 0 aliphatic carbocycles. The molecular formula is C40H43N5O5Si. The van der Waals surface area contributed by atoms with Crippen molar-refractivity contribution in [2.75, 3.05) is 16.8 Å². The van der Waals surface area contributed by atoms with Gasteiger partial charge >= 0.3 is 0 Å². The second-order valence-corrected chi connectivity index (χ2v) is 18.1. The molecule has 262 valence electrons. The summed E-state index contributed by atoms with van der Waals surface area (Å²) < 4.78 is 8.79. The molecule has 0 saturated carbocycles. The Morgan fingerprint density at radius 2 is 1.65 bits per heavy atom. The first-order valence-corrected chi connectivity index (χ1v) is 20.5. The Hall–Kier alpha value is -4.94.